The Morgan fingerprint density at radius 1 is 1.60 bits per heavy atom. The van der Waals surface area contributed by atoms with Crippen LogP contribution < -0.4 is 0 Å². The first kappa shape index (κ1) is 14.3. The summed E-state index contributed by atoms with van der Waals surface area (Å²) in [4.78, 5) is 19.0. The molecule has 0 radical (unpaired) electrons. The lowest BCUT2D eigenvalue weighted by atomic mass is 10.3. The lowest BCUT2D eigenvalue weighted by Gasteiger charge is -2.15. The van der Waals surface area contributed by atoms with Gasteiger partial charge in [0.1, 0.15) is 5.82 Å². The fraction of sp³-hybridized carbons (Fsp3) is 0.357. The standard InChI is InChI=1S/C14H16N4OS/c1-17(8-3-6-15)13(19)5-9-18-10-7-16-14(18)12-4-2-11-20-12/h2,4,7,10-11H,3,5,8-9H2,1H3. The monoisotopic (exact) mass is 288 g/mol. The van der Waals surface area contributed by atoms with Crippen molar-refractivity contribution in [3.63, 3.8) is 0 Å². The van der Waals surface area contributed by atoms with Crippen molar-refractivity contribution in [1.82, 2.24) is 14.5 Å². The van der Waals surface area contributed by atoms with E-state index < -0.39 is 0 Å². The summed E-state index contributed by atoms with van der Waals surface area (Å²) in [6.07, 6.45) is 4.42. The minimum Gasteiger partial charge on any atom is -0.345 e. The summed E-state index contributed by atoms with van der Waals surface area (Å²) < 4.78 is 1.99. The van der Waals surface area contributed by atoms with E-state index in [4.69, 9.17) is 5.26 Å². The molecule has 0 N–H and O–H groups in total. The zero-order chi connectivity index (χ0) is 14.4. The van der Waals surface area contributed by atoms with Crippen LogP contribution in [0.2, 0.25) is 0 Å². The van der Waals surface area contributed by atoms with Crippen LogP contribution in [-0.2, 0) is 11.3 Å². The average Bonchev–Trinajstić information content (AvgIpc) is 3.11. The van der Waals surface area contributed by atoms with E-state index >= 15 is 0 Å². The highest BCUT2D eigenvalue weighted by molar-refractivity contribution is 7.13. The quantitative estimate of drug-likeness (QED) is 0.820. The van der Waals surface area contributed by atoms with E-state index in [-0.39, 0.29) is 5.91 Å². The second kappa shape index (κ2) is 6.87. The molecule has 5 nitrogen and oxygen atoms in total. The SMILES string of the molecule is CN(CCC#N)C(=O)CCn1ccnc1-c1cccs1. The molecule has 0 saturated carbocycles. The highest BCUT2D eigenvalue weighted by atomic mass is 32.1. The molecule has 0 aliphatic carbocycles. The van der Waals surface area contributed by atoms with Crippen LogP contribution in [0.5, 0.6) is 0 Å². The van der Waals surface area contributed by atoms with Crippen LogP contribution in [0.15, 0.2) is 29.9 Å². The summed E-state index contributed by atoms with van der Waals surface area (Å²) in [5, 5.41) is 10.5. The Morgan fingerprint density at radius 3 is 3.15 bits per heavy atom. The number of hydrogen-bond acceptors (Lipinski definition) is 4. The topological polar surface area (TPSA) is 61.9 Å². The Bertz CT molecular complexity index is 597. The van der Waals surface area contributed by atoms with Crippen LogP contribution in [-0.4, -0.2) is 34.0 Å². The van der Waals surface area contributed by atoms with E-state index in [9.17, 15) is 4.79 Å². The number of hydrogen-bond donors (Lipinski definition) is 0. The average molecular weight is 288 g/mol. The minimum atomic E-state index is 0.0473. The minimum absolute atomic E-state index is 0.0473. The maximum absolute atomic E-state index is 11.9. The van der Waals surface area contributed by atoms with Crippen molar-refractivity contribution in [2.45, 2.75) is 19.4 Å². The summed E-state index contributed by atoms with van der Waals surface area (Å²) in [6, 6.07) is 6.05. The Labute approximate surface area is 122 Å². The van der Waals surface area contributed by atoms with Gasteiger partial charge in [0.2, 0.25) is 5.91 Å². The van der Waals surface area contributed by atoms with Crippen LogP contribution in [0, 0.1) is 11.3 Å². The Hall–Kier alpha value is -2.13. The number of carbonyl (C=O) groups excluding carboxylic acids is 1. The van der Waals surface area contributed by atoms with Gasteiger partial charge in [-0.05, 0) is 11.4 Å². The Kier molecular flexibility index (Phi) is 4.91. The van der Waals surface area contributed by atoms with Crippen LogP contribution in [0.3, 0.4) is 0 Å². The summed E-state index contributed by atoms with van der Waals surface area (Å²) >= 11 is 1.63. The second-order valence-electron chi connectivity index (χ2n) is 4.39. The number of aryl methyl sites for hydroxylation is 1. The highest BCUT2D eigenvalue weighted by Gasteiger charge is 2.11. The molecular weight excluding hydrogens is 272 g/mol. The molecule has 2 rings (SSSR count). The summed E-state index contributed by atoms with van der Waals surface area (Å²) in [7, 11) is 1.73. The fourth-order valence-electron chi connectivity index (χ4n) is 1.87. The van der Waals surface area contributed by atoms with Crippen LogP contribution >= 0.6 is 11.3 Å². The normalized spacial score (nSPS) is 10.2. The number of carbonyl (C=O) groups is 1. The lowest BCUT2D eigenvalue weighted by molar-refractivity contribution is -0.130. The van der Waals surface area contributed by atoms with E-state index in [1.54, 1.807) is 29.5 Å². The number of thiophene rings is 1. The predicted molar refractivity (Wildman–Crippen MR) is 78.0 cm³/mol. The molecule has 0 unspecified atom stereocenters. The third-order valence-electron chi connectivity index (χ3n) is 3.01. The molecule has 0 saturated heterocycles. The van der Waals surface area contributed by atoms with Gasteiger partial charge in [0, 0.05) is 39.0 Å². The Morgan fingerprint density at radius 2 is 2.45 bits per heavy atom. The lowest BCUT2D eigenvalue weighted by Crippen LogP contribution is -2.28. The van der Waals surface area contributed by atoms with Crippen molar-refractivity contribution in [3.05, 3.63) is 29.9 Å². The number of nitrogens with zero attached hydrogens (tertiary/aromatic N) is 4. The van der Waals surface area contributed by atoms with Crippen molar-refractivity contribution in [2.24, 2.45) is 0 Å². The smallest absolute Gasteiger partial charge is 0.224 e. The van der Waals surface area contributed by atoms with Crippen LogP contribution in [0.1, 0.15) is 12.8 Å². The van der Waals surface area contributed by atoms with Crippen molar-refractivity contribution in [2.75, 3.05) is 13.6 Å². The number of rotatable bonds is 6. The molecule has 0 aliphatic heterocycles. The number of nitriles is 1. The first-order valence-electron chi connectivity index (χ1n) is 6.38. The number of imidazole rings is 1. The van der Waals surface area contributed by atoms with Gasteiger partial charge in [-0.3, -0.25) is 4.79 Å². The van der Waals surface area contributed by atoms with Crippen molar-refractivity contribution < 1.29 is 4.79 Å². The molecule has 0 atom stereocenters. The molecule has 1 amide bonds. The third kappa shape index (κ3) is 3.45. The van der Waals surface area contributed by atoms with Gasteiger partial charge >= 0.3 is 0 Å². The number of amides is 1. The van der Waals surface area contributed by atoms with Gasteiger partial charge in [0.25, 0.3) is 0 Å². The van der Waals surface area contributed by atoms with Gasteiger partial charge in [-0.25, -0.2) is 4.98 Å². The zero-order valence-corrected chi connectivity index (χ0v) is 12.1. The molecule has 0 fully saturated rings. The molecule has 104 valence electrons. The molecule has 20 heavy (non-hydrogen) atoms. The first-order valence-corrected chi connectivity index (χ1v) is 7.26. The van der Waals surface area contributed by atoms with Crippen molar-refractivity contribution in [3.8, 4) is 16.8 Å². The van der Waals surface area contributed by atoms with Gasteiger partial charge in [-0.1, -0.05) is 6.07 Å². The van der Waals surface area contributed by atoms with Crippen LogP contribution in [0.25, 0.3) is 10.7 Å². The van der Waals surface area contributed by atoms with Gasteiger partial charge in [-0.15, -0.1) is 11.3 Å². The molecule has 6 heteroatoms. The summed E-state index contributed by atoms with van der Waals surface area (Å²) in [5.74, 6) is 0.943. The number of aromatic nitrogens is 2. The van der Waals surface area contributed by atoms with Crippen LogP contribution in [0.4, 0.5) is 0 Å². The summed E-state index contributed by atoms with van der Waals surface area (Å²) in [5.41, 5.74) is 0. The predicted octanol–water partition coefficient (Wildman–Crippen LogP) is 2.37. The fourth-order valence-corrected chi connectivity index (χ4v) is 2.61. The molecular formula is C14H16N4OS. The van der Waals surface area contributed by atoms with Gasteiger partial charge in [-0.2, -0.15) is 5.26 Å². The molecule has 0 aliphatic rings. The van der Waals surface area contributed by atoms with Crippen molar-refractivity contribution in [1.29, 1.82) is 5.26 Å². The second-order valence-corrected chi connectivity index (χ2v) is 5.34. The van der Waals surface area contributed by atoms with Gasteiger partial charge < -0.3 is 9.47 Å². The molecule has 0 bridgehead atoms. The van der Waals surface area contributed by atoms with E-state index in [2.05, 4.69) is 4.98 Å². The van der Waals surface area contributed by atoms with Gasteiger partial charge in [0.05, 0.1) is 17.4 Å². The zero-order valence-electron chi connectivity index (χ0n) is 11.3. The molecule has 0 aromatic carbocycles. The largest absolute Gasteiger partial charge is 0.345 e. The van der Waals surface area contributed by atoms with E-state index in [1.807, 2.05) is 34.3 Å². The third-order valence-corrected chi connectivity index (χ3v) is 3.87. The highest BCUT2D eigenvalue weighted by Crippen LogP contribution is 2.22. The van der Waals surface area contributed by atoms with E-state index in [0.29, 0.717) is 25.9 Å². The molecule has 2 heterocycles. The maximum atomic E-state index is 11.9. The maximum Gasteiger partial charge on any atom is 0.224 e. The van der Waals surface area contributed by atoms with E-state index in [0.717, 1.165) is 10.7 Å². The molecule has 2 aromatic rings. The first-order chi connectivity index (χ1) is 9.72. The molecule has 0 spiro atoms. The summed E-state index contributed by atoms with van der Waals surface area (Å²) in [6.45, 7) is 1.08. The van der Waals surface area contributed by atoms with Gasteiger partial charge in [0.15, 0.2) is 0 Å². The van der Waals surface area contributed by atoms with E-state index in [1.165, 1.54) is 0 Å². The van der Waals surface area contributed by atoms with Crippen molar-refractivity contribution >= 4 is 17.2 Å². The molecule has 2 aromatic heterocycles. The Balaban J connectivity index is 1.94.